The number of amides is 1. The Bertz CT molecular complexity index is 1310. The Morgan fingerprint density at radius 3 is 2.38 bits per heavy atom. The number of nitrogens with one attached hydrogen (secondary N) is 1. The van der Waals surface area contributed by atoms with Gasteiger partial charge in [-0.2, -0.15) is 5.10 Å². The molecule has 0 aliphatic heterocycles. The first-order valence-corrected chi connectivity index (χ1v) is 12.4. The van der Waals surface area contributed by atoms with E-state index in [-0.39, 0.29) is 11.7 Å². The first-order valence-electron chi connectivity index (χ1n) is 10.2. The zero-order valence-corrected chi connectivity index (χ0v) is 21.0. The molecule has 0 aliphatic carbocycles. The predicted octanol–water partition coefficient (Wildman–Crippen LogP) is 6.17. The van der Waals surface area contributed by atoms with Gasteiger partial charge in [-0.3, -0.25) is 9.36 Å². The zero-order chi connectivity index (χ0) is 23.8. The number of carbonyl (C=O) groups is 1. The molecule has 9 heteroatoms. The summed E-state index contributed by atoms with van der Waals surface area (Å²) in [6.07, 6.45) is 3.16. The van der Waals surface area contributed by atoms with Crippen LogP contribution < -0.4 is 5.43 Å². The van der Waals surface area contributed by atoms with Crippen LogP contribution in [0, 0.1) is 0 Å². The van der Waals surface area contributed by atoms with Gasteiger partial charge in [-0.1, -0.05) is 100.0 Å². The van der Waals surface area contributed by atoms with E-state index in [0.717, 1.165) is 21.3 Å². The van der Waals surface area contributed by atoms with E-state index in [1.807, 2.05) is 89.5 Å². The Balaban J connectivity index is 1.45. The second-order valence-electron chi connectivity index (χ2n) is 7.01. The number of benzene rings is 3. The fourth-order valence-electron chi connectivity index (χ4n) is 3.03. The van der Waals surface area contributed by atoms with Crippen molar-refractivity contribution in [2.45, 2.75) is 5.16 Å². The number of allylic oxidation sites excluding steroid dienone is 1. The van der Waals surface area contributed by atoms with Crippen molar-refractivity contribution < 1.29 is 4.79 Å². The quantitative estimate of drug-likeness (QED) is 0.161. The van der Waals surface area contributed by atoms with E-state index >= 15 is 0 Å². The lowest BCUT2D eigenvalue weighted by Crippen LogP contribution is -2.19. The smallest absolute Gasteiger partial charge is 0.250 e. The van der Waals surface area contributed by atoms with Crippen molar-refractivity contribution >= 4 is 57.5 Å². The lowest BCUT2D eigenvalue weighted by molar-refractivity contribution is -0.118. The van der Waals surface area contributed by atoms with Crippen LogP contribution >= 0.6 is 39.3 Å². The van der Waals surface area contributed by atoms with Gasteiger partial charge in [-0.05, 0) is 35.9 Å². The van der Waals surface area contributed by atoms with Gasteiger partial charge in [-0.25, -0.2) is 5.43 Å². The molecule has 1 amide bonds. The fourth-order valence-corrected chi connectivity index (χ4v) is 4.22. The van der Waals surface area contributed by atoms with E-state index in [9.17, 15) is 4.79 Å². The standard InChI is InChI=1S/C25H19BrClN5OS/c26-20-11-13-22(14-12-20)32-24(19-9-5-2-6-10-19)30-31-25(32)34-17-23(33)29-28-16-21(27)15-18-7-3-1-4-8-18/h1-16H,17H2,(H,29,33). The van der Waals surface area contributed by atoms with Gasteiger partial charge in [0.05, 0.1) is 17.0 Å². The normalized spacial score (nSPS) is 11.6. The first-order chi connectivity index (χ1) is 16.6. The molecule has 4 rings (SSSR count). The molecule has 0 bridgehead atoms. The van der Waals surface area contributed by atoms with Crippen molar-refractivity contribution in [1.29, 1.82) is 0 Å². The number of hydrogen-bond donors (Lipinski definition) is 1. The predicted molar refractivity (Wildman–Crippen MR) is 142 cm³/mol. The number of halogens is 2. The lowest BCUT2D eigenvalue weighted by Gasteiger charge is -2.10. The summed E-state index contributed by atoms with van der Waals surface area (Å²) in [7, 11) is 0. The molecule has 3 aromatic carbocycles. The van der Waals surface area contributed by atoms with Gasteiger partial charge in [0.1, 0.15) is 0 Å². The minimum atomic E-state index is -0.281. The monoisotopic (exact) mass is 551 g/mol. The molecule has 0 fully saturated rings. The van der Waals surface area contributed by atoms with Crippen LogP contribution in [0.1, 0.15) is 5.56 Å². The van der Waals surface area contributed by atoms with Crippen molar-refractivity contribution in [3.05, 3.63) is 100.0 Å². The molecule has 0 saturated heterocycles. The Morgan fingerprint density at radius 2 is 1.68 bits per heavy atom. The molecule has 1 heterocycles. The number of nitrogens with zero attached hydrogens (tertiary/aromatic N) is 4. The third kappa shape index (κ3) is 6.44. The van der Waals surface area contributed by atoms with Gasteiger partial charge in [-0.15, -0.1) is 10.2 Å². The molecule has 0 radical (unpaired) electrons. The molecule has 6 nitrogen and oxygen atoms in total. The molecule has 0 unspecified atom stereocenters. The van der Waals surface area contributed by atoms with Crippen LogP contribution in [0.2, 0.25) is 0 Å². The number of carbonyl (C=O) groups excluding carboxylic acids is 1. The van der Waals surface area contributed by atoms with E-state index < -0.39 is 0 Å². The topological polar surface area (TPSA) is 72.2 Å². The molecule has 1 aromatic heterocycles. The summed E-state index contributed by atoms with van der Waals surface area (Å²) in [5, 5.41) is 13.7. The van der Waals surface area contributed by atoms with Crippen molar-refractivity contribution in [1.82, 2.24) is 20.2 Å². The first kappa shape index (κ1) is 23.9. The van der Waals surface area contributed by atoms with Crippen LogP contribution in [0.15, 0.2) is 105 Å². The van der Waals surface area contributed by atoms with Gasteiger partial charge in [0.2, 0.25) is 0 Å². The van der Waals surface area contributed by atoms with Crippen molar-refractivity contribution in [3.8, 4) is 17.1 Å². The van der Waals surface area contributed by atoms with Gasteiger partial charge in [0, 0.05) is 15.7 Å². The van der Waals surface area contributed by atoms with E-state index in [1.165, 1.54) is 18.0 Å². The molecular weight excluding hydrogens is 534 g/mol. The van der Waals surface area contributed by atoms with Gasteiger partial charge < -0.3 is 0 Å². The summed E-state index contributed by atoms with van der Waals surface area (Å²) in [4.78, 5) is 12.4. The zero-order valence-electron chi connectivity index (χ0n) is 17.8. The van der Waals surface area contributed by atoms with Crippen molar-refractivity contribution in [2.24, 2.45) is 5.10 Å². The number of aromatic nitrogens is 3. The molecule has 0 atom stereocenters. The molecule has 1 N–H and O–H groups in total. The molecule has 0 aliphatic rings. The van der Waals surface area contributed by atoms with Gasteiger partial charge in [0.15, 0.2) is 11.0 Å². The van der Waals surface area contributed by atoms with E-state index in [2.05, 4.69) is 36.7 Å². The highest BCUT2D eigenvalue weighted by molar-refractivity contribution is 9.10. The number of thioether (sulfide) groups is 1. The number of hydrazone groups is 1. The minimum absolute atomic E-state index is 0.112. The van der Waals surface area contributed by atoms with Gasteiger partial charge >= 0.3 is 0 Å². The molecule has 170 valence electrons. The van der Waals surface area contributed by atoms with Crippen LogP contribution in [0.4, 0.5) is 0 Å². The maximum Gasteiger partial charge on any atom is 0.250 e. The Hall–Kier alpha value is -3.20. The third-order valence-corrected chi connectivity index (χ3v) is 6.23. The van der Waals surface area contributed by atoms with Crippen molar-refractivity contribution in [3.63, 3.8) is 0 Å². The highest BCUT2D eigenvalue weighted by Crippen LogP contribution is 2.28. The van der Waals surface area contributed by atoms with Crippen LogP contribution in [0.25, 0.3) is 23.2 Å². The molecule has 0 saturated carbocycles. The second kappa shape index (κ2) is 11.8. The second-order valence-corrected chi connectivity index (χ2v) is 9.30. The average molecular weight is 553 g/mol. The Kier molecular flexibility index (Phi) is 8.30. The summed E-state index contributed by atoms with van der Waals surface area (Å²) in [5.41, 5.74) is 5.27. The van der Waals surface area contributed by atoms with E-state index in [4.69, 9.17) is 11.6 Å². The molecule has 34 heavy (non-hydrogen) atoms. The van der Waals surface area contributed by atoms with Crippen LogP contribution in [-0.2, 0) is 4.79 Å². The lowest BCUT2D eigenvalue weighted by atomic mass is 10.2. The van der Waals surface area contributed by atoms with Crippen LogP contribution in [0.3, 0.4) is 0 Å². The number of rotatable bonds is 8. The minimum Gasteiger partial charge on any atom is -0.272 e. The van der Waals surface area contributed by atoms with Crippen LogP contribution in [-0.4, -0.2) is 32.6 Å². The molecular formula is C25H19BrClN5OS. The highest BCUT2D eigenvalue weighted by Gasteiger charge is 2.17. The molecule has 0 spiro atoms. The largest absolute Gasteiger partial charge is 0.272 e. The summed E-state index contributed by atoms with van der Waals surface area (Å²) in [6, 6.07) is 27.3. The van der Waals surface area contributed by atoms with E-state index in [1.54, 1.807) is 6.08 Å². The highest BCUT2D eigenvalue weighted by atomic mass is 79.9. The van der Waals surface area contributed by atoms with Gasteiger partial charge in [0.25, 0.3) is 5.91 Å². The summed E-state index contributed by atoms with van der Waals surface area (Å²) in [6.45, 7) is 0. The number of hydrogen-bond acceptors (Lipinski definition) is 5. The SMILES string of the molecule is O=C(CSc1nnc(-c2ccccc2)n1-c1ccc(Br)cc1)NN=CC(Cl)=Cc1ccccc1. The van der Waals surface area contributed by atoms with E-state index in [0.29, 0.717) is 16.0 Å². The Labute approximate surface area is 214 Å². The fraction of sp³-hybridized carbons (Fsp3) is 0.0400. The van der Waals surface area contributed by atoms with Crippen molar-refractivity contribution in [2.75, 3.05) is 5.75 Å². The van der Waals surface area contributed by atoms with Crippen LogP contribution in [0.5, 0.6) is 0 Å². The average Bonchev–Trinajstić information content (AvgIpc) is 3.28. The maximum atomic E-state index is 12.4. The summed E-state index contributed by atoms with van der Waals surface area (Å²) in [5.74, 6) is 0.527. The Morgan fingerprint density at radius 1 is 1.00 bits per heavy atom. The summed E-state index contributed by atoms with van der Waals surface area (Å²) < 4.78 is 2.90. The summed E-state index contributed by atoms with van der Waals surface area (Å²) >= 11 is 10.9. The maximum absolute atomic E-state index is 12.4. The molecule has 4 aromatic rings. The third-order valence-electron chi connectivity index (χ3n) is 4.56.